The Hall–Kier alpha value is -1.59. The average molecular weight is 459 g/mol. The van der Waals surface area contributed by atoms with E-state index in [1.807, 2.05) is 0 Å². The monoisotopic (exact) mass is 458 g/mol. The minimum absolute atomic E-state index is 0.0317. The number of guanidine groups is 1. The Morgan fingerprint density at radius 2 is 1.42 bits per heavy atom. The van der Waals surface area contributed by atoms with Gasteiger partial charge in [0.1, 0.15) is 6.61 Å². The predicted octanol–water partition coefficient (Wildman–Crippen LogP) is -0.155. The van der Waals surface area contributed by atoms with E-state index >= 15 is 0 Å². The molecular weight excluding hydrogens is 443 g/mol. The SMILES string of the molecule is NC(N)=NNCCOc1c(Cl)cccc1Cl.O=S(=O)(O)O.O=S(=O)(O)O. The first kappa shape index (κ1) is 26.6. The average Bonchev–Trinajstić information content (AvgIpc) is 2.37. The highest BCUT2D eigenvalue weighted by atomic mass is 35.5. The molecule has 9 N–H and O–H groups in total. The molecule has 13 nitrogen and oxygen atoms in total. The minimum Gasteiger partial charge on any atom is -0.489 e. The predicted molar refractivity (Wildman–Crippen MR) is 94.1 cm³/mol. The number of ether oxygens (including phenoxy) is 1. The van der Waals surface area contributed by atoms with Crippen molar-refractivity contribution in [2.75, 3.05) is 13.2 Å². The van der Waals surface area contributed by atoms with Crippen molar-refractivity contribution >= 4 is 50.0 Å². The maximum atomic E-state index is 8.74. The summed E-state index contributed by atoms with van der Waals surface area (Å²) in [6.45, 7) is 0.791. The van der Waals surface area contributed by atoms with Gasteiger partial charge in [-0.1, -0.05) is 29.3 Å². The van der Waals surface area contributed by atoms with Gasteiger partial charge in [0.15, 0.2) is 5.75 Å². The molecule has 152 valence electrons. The molecule has 0 amide bonds. The molecule has 0 aromatic heterocycles. The van der Waals surface area contributed by atoms with Gasteiger partial charge in [0.2, 0.25) is 5.96 Å². The van der Waals surface area contributed by atoms with E-state index in [0.717, 1.165) is 0 Å². The van der Waals surface area contributed by atoms with Crippen molar-refractivity contribution in [2.24, 2.45) is 16.6 Å². The Balaban J connectivity index is 0. The van der Waals surface area contributed by atoms with Crippen LogP contribution in [0.5, 0.6) is 5.75 Å². The van der Waals surface area contributed by atoms with E-state index < -0.39 is 20.8 Å². The molecule has 0 atom stereocenters. The molecule has 0 spiro atoms. The van der Waals surface area contributed by atoms with Crippen LogP contribution in [0.15, 0.2) is 23.3 Å². The zero-order valence-electron chi connectivity index (χ0n) is 12.7. The van der Waals surface area contributed by atoms with E-state index in [1.165, 1.54) is 0 Å². The second kappa shape index (κ2) is 12.7. The molecule has 1 aromatic rings. The highest BCUT2D eigenvalue weighted by molar-refractivity contribution is 7.80. The van der Waals surface area contributed by atoms with Crippen LogP contribution in [0.2, 0.25) is 10.0 Å². The molecule has 0 aliphatic carbocycles. The van der Waals surface area contributed by atoms with Crippen molar-refractivity contribution in [1.82, 2.24) is 5.43 Å². The van der Waals surface area contributed by atoms with Crippen molar-refractivity contribution in [3.8, 4) is 5.75 Å². The van der Waals surface area contributed by atoms with Crippen LogP contribution in [-0.2, 0) is 20.8 Å². The number of para-hydroxylation sites is 1. The smallest absolute Gasteiger partial charge is 0.394 e. The van der Waals surface area contributed by atoms with E-state index in [2.05, 4.69) is 10.5 Å². The number of nitrogens with one attached hydrogen (secondary N) is 1. The van der Waals surface area contributed by atoms with Crippen molar-refractivity contribution in [3.63, 3.8) is 0 Å². The molecule has 0 saturated carbocycles. The van der Waals surface area contributed by atoms with Gasteiger partial charge in [0, 0.05) is 0 Å². The zero-order chi connectivity index (χ0) is 21.0. The lowest BCUT2D eigenvalue weighted by Gasteiger charge is -2.09. The van der Waals surface area contributed by atoms with Gasteiger partial charge >= 0.3 is 20.8 Å². The highest BCUT2D eigenvalue weighted by Crippen LogP contribution is 2.32. The molecule has 0 saturated heterocycles. The first-order valence-electron chi connectivity index (χ1n) is 5.89. The summed E-state index contributed by atoms with van der Waals surface area (Å²) in [7, 11) is -9.33. The summed E-state index contributed by atoms with van der Waals surface area (Å²) in [5.41, 5.74) is 12.9. The Labute approximate surface area is 159 Å². The number of benzene rings is 1. The summed E-state index contributed by atoms with van der Waals surface area (Å²) in [6.07, 6.45) is 0. The van der Waals surface area contributed by atoms with Crippen molar-refractivity contribution in [2.45, 2.75) is 0 Å². The Morgan fingerprint density at radius 1 is 1.04 bits per heavy atom. The third-order valence-corrected chi connectivity index (χ3v) is 2.18. The van der Waals surface area contributed by atoms with E-state index in [9.17, 15) is 0 Å². The van der Waals surface area contributed by atoms with Gasteiger partial charge in [-0.2, -0.15) is 16.8 Å². The first-order valence-corrected chi connectivity index (χ1v) is 9.44. The fourth-order valence-electron chi connectivity index (χ4n) is 0.966. The Bertz CT molecular complexity index is 716. The molecule has 0 bridgehead atoms. The third kappa shape index (κ3) is 24.7. The summed E-state index contributed by atoms with van der Waals surface area (Å²) in [6, 6.07) is 5.15. The van der Waals surface area contributed by atoms with E-state index in [4.69, 9.17) is 74.5 Å². The lowest BCUT2D eigenvalue weighted by atomic mass is 10.3. The van der Waals surface area contributed by atoms with Crippen LogP contribution >= 0.6 is 23.2 Å². The number of hydrazone groups is 1. The van der Waals surface area contributed by atoms with Gasteiger partial charge < -0.3 is 21.6 Å². The van der Waals surface area contributed by atoms with Crippen LogP contribution in [0.3, 0.4) is 0 Å². The number of hydrogen-bond donors (Lipinski definition) is 7. The van der Waals surface area contributed by atoms with Crippen LogP contribution < -0.4 is 21.6 Å². The molecular formula is C9H16Cl2N4O9S2. The Morgan fingerprint density at radius 3 is 1.77 bits per heavy atom. The lowest BCUT2D eigenvalue weighted by molar-refractivity contribution is 0.316. The van der Waals surface area contributed by atoms with Gasteiger partial charge in [-0.3, -0.25) is 18.2 Å². The van der Waals surface area contributed by atoms with E-state index in [-0.39, 0.29) is 5.96 Å². The molecule has 0 radical (unpaired) electrons. The Kier molecular flexibility index (Phi) is 13.0. The minimum atomic E-state index is -4.67. The van der Waals surface area contributed by atoms with E-state index in [0.29, 0.717) is 28.9 Å². The summed E-state index contributed by atoms with van der Waals surface area (Å²) in [5.74, 6) is 0.424. The standard InChI is InChI=1S/C9H12Cl2N4O.2H2O4S/c10-6-2-1-3-7(11)8(6)16-5-4-14-15-9(12)13;2*1-5(2,3)4/h1-3,14H,4-5H2,(H4,12,13,15);2*(H2,1,2,3,4). The topological polar surface area (TPSA) is 235 Å². The molecule has 26 heavy (non-hydrogen) atoms. The fourth-order valence-corrected chi connectivity index (χ4v) is 1.47. The number of hydrogen-bond acceptors (Lipinski definition) is 7. The maximum Gasteiger partial charge on any atom is 0.394 e. The molecule has 0 aliphatic rings. The van der Waals surface area contributed by atoms with Crippen LogP contribution in [0.4, 0.5) is 0 Å². The molecule has 0 unspecified atom stereocenters. The number of halogens is 2. The quantitative estimate of drug-likeness (QED) is 0.100. The molecule has 17 heteroatoms. The second-order valence-corrected chi connectivity index (χ2v) is 6.35. The van der Waals surface area contributed by atoms with E-state index in [1.54, 1.807) is 18.2 Å². The van der Waals surface area contributed by atoms with Crippen LogP contribution in [0.25, 0.3) is 0 Å². The van der Waals surface area contributed by atoms with Gasteiger partial charge in [-0.05, 0) is 12.1 Å². The second-order valence-electron chi connectivity index (χ2n) is 3.74. The maximum absolute atomic E-state index is 8.74. The zero-order valence-corrected chi connectivity index (χ0v) is 15.8. The summed E-state index contributed by atoms with van der Waals surface area (Å²) in [4.78, 5) is 0. The van der Waals surface area contributed by atoms with Gasteiger partial charge in [-0.15, -0.1) is 5.10 Å². The van der Waals surface area contributed by atoms with Crippen LogP contribution in [-0.4, -0.2) is 54.2 Å². The number of rotatable bonds is 5. The third-order valence-electron chi connectivity index (χ3n) is 1.59. The molecule has 1 aromatic carbocycles. The number of nitrogens with two attached hydrogens (primary N) is 2. The normalized spacial score (nSPS) is 10.4. The van der Waals surface area contributed by atoms with Crippen molar-refractivity contribution in [3.05, 3.63) is 28.2 Å². The molecule has 0 aliphatic heterocycles. The first-order chi connectivity index (χ1) is 11.6. The van der Waals surface area contributed by atoms with Crippen molar-refractivity contribution in [1.29, 1.82) is 0 Å². The summed E-state index contributed by atoms with van der Waals surface area (Å²) >= 11 is 11.8. The van der Waals surface area contributed by atoms with Gasteiger partial charge in [0.05, 0.1) is 16.6 Å². The van der Waals surface area contributed by atoms with Crippen LogP contribution in [0, 0.1) is 0 Å². The fraction of sp³-hybridized carbons (Fsp3) is 0.222. The van der Waals surface area contributed by atoms with Crippen LogP contribution in [0.1, 0.15) is 0 Å². The summed E-state index contributed by atoms with van der Waals surface area (Å²) < 4.78 is 68.5. The number of nitrogens with zero attached hydrogens (tertiary/aromatic N) is 1. The van der Waals surface area contributed by atoms with Gasteiger partial charge in [0.25, 0.3) is 0 Å². The lowest BCUT2D eigenvalue weighted by Crippen LogP contribution is -2.27. The van der Waals surface area contributed by atoms with Crippen molar-refractivity contribution < 1.29 is 39.8 Å². The summed E-state index contributed by atoms with van der Waals surface area (Å²) in [5, 5.41) is 4.51. The molecule has 1 rings (SSSR count). The molecule has 0 heterocycles. The molecule has 0 fully saturated rings. The highest BCUT2D eigenvalue weighted by Gasteiger charge is 2.05. The van der Waals surface area contributed by atoms with Gasteiger partial charge in [-0.25, -0.2) is 0 Å². The largest absolute Gasteiger partial charge is 0.489 e.